The molecule has 4 aromatic heterocycles. The Morgan fingerprint density at radius 3 is 0.878 bits per heavy atom. The van der Waals surface area contributed by atoms with Crippen molar-refractivity contribution in [1.29, 1.82) is 0 Å². The van der Waals surface area contributed by atoms with E-state index in [0.29, 0.717) is 11.6 Å². The topological polar surface area (TPSA) is 61.4 Å². The molecule has 0 spiro atoms. The fraction of sp³-hybridized carbons (Fsp3) is 0. The summed E-state index contributed by atoms with van der Waals surface area (Å²) < 4.78 is 4.77. The van der Waals surface area contributed by atoms with Gasteiger partial charge in [0.1, 0.15) is 0 Å². The fourth-order valence-corrected chi connectivity index (χ4v) is 10.6. The molecule has 6 nitrogen and oxygen atoms in total. The third-order valence-electron chi connectivity index (χ3n) is 14.1. The van der Waals surface area contributed by atoms with Gasteiger partial charge in [-0.3, -0.25) is 0 Å². The highest BCUT2D eigenvalue weighted by atomic mass is 15.0. The molecule has 0 saturated heterocycles. The maximum absolute atomic E-state index is 5.19. The number of rotatable bonds is 9. The Bertz CT molecular complexity index is 4010. The first-order valence-corrected chi connectivity index (χ1v) is 25.0. The van der Waals surface area contributed by atoms with Crippen molar-refractivity contribution in [2.45, 2.75) is 0 Å². The molecule has 4 heterocycles. The summed E-state index contributed by atoms with van der Waals surface area (Å²) in [5.41, 5.74) is 18.4. The van der Waals surface area contributed by atoms with Crippen LogP contribution in [0.3, 0.4) is 0 Å². The Labute approximate surface area is 427 Å². The lowest BCUT2D eigenvalue weighted by Gasteiger charge is -2.13. The van der Waals surface area contributed by atoms with E-state index in [-0.39, 0.29) is 0 Å². The standard InChI is InChI=1S/C68H44N6/c1-5-19-45(20-6-1)59-43-60(46-21-7-2-8-22-46)70-67(69-59)51-27-17-29-53(39-51)73-63-33-15-13-31-55(63)57-37-35-49(41-65(57)73)50-36-38-58-56-32-14-16-34-64(56)74(66(58)42-50)54-30-18-28-52(40-54)68-71-61(47-23-9-3-10-24-47)44-62(72-68)48-25-11-4-12-26-48/h1-44H. The van der Waals surface area contributed by atoms with Crippen LogP contribution >= 0.6 is 0 Å². The number of aromatic nitrogens is 6. The molecule has 10 aromatic carbocycles. The van der Waals surface area contributed by atoms with E-state index in [9.17, 15) is 0 Å². The molecule has 0 fully saturated rings. The Hall–Kier alpha value is -10.0. The van der Waals surface area contributed by atoms with Crippen LogP contribution in [0.25, 0.3) is 134 Å². The summed E-state index contributed by atoms with van der Waals surface area (Å²) in [5, 5.41) is 4.75. The summed E-state index contributed by atoms with van der Waals surface area (Å²) in [6, 6.07) is 94.0. The summed E-state index contributed by atoms with van der Waals surface area (Å²) >= 11 is 0. The Kier molecular flexibility index (Phi) is 10.4. The van der Waals surface area contributed by atoms with Gasteiger partial charge in [0.05, 0.1) is 44.8 Å². The van der Waals surface area contributed by atoms with E-state index in [4.69, 9.17) is 19.9 Å². The maximum atomic E-state index is 5.19. The zero-order valence-electron chi connectivity index (χ0n) is 40.1. The van der Waals surface area contributed by atoms with E-state index in [2.05, 4.69) is 252 Å². The fourth-order valence-electron chi connectivity index (χ4n) is 10.6. The Balaban J connectivity index is 0.897. The molecule has 0 aliphatic heterocycles. The van der Waals surface area contributed by atoms with Gasteiger partial charge in [-0.25, -0.2) is 19.9 Å². The maximum Gasteiger partial charge on any atom is 0.160 e. The molecule has 346 valence electrons. The van der Waals surface area contributed by atoms with Crippen LogP contribution in [-0.4, -0.2) is 29.1 Å². The van der Waals surface area contributed by atoms with Crippen LogP contribution in [0.2, 0.25) is 0 Å². The second kappa shape index (κ2) is 18.0. The molecular formula is C68H44N6. The highest BCUT2D eigenvalue weighted by Crippen LogP contribution is 2.40. The molecule has 0 atom stereocenters. The normalized spacial score (nSPS) is 11.5. The first kappa shape index (κ1) is 42.8. The van der Waals surface area contributed by atoms with Gasteiger partial charge in [-0.15, -0.1) is 0 Å². The molecule has 0 unspecified atom stereocenters. The first-order chi connectivity index (χ1) is 36.7. The Morgan fingerprint density at radius 2 is 0.514 bits per heavy atom. The second-order valence-electron chi connectivity index (χ2n) is 18.7. The van der Waals surface area contributed by atoms with E-state index in [0.717, 1.165) is 101 Å². The van der Waals surface area contributed by atoms with Gasteiger partial charge in [-0.05, 0) is 71.8 Å². The summed E-state index contributed by atoms with van der Waals surface area (Å²) in [7, 11) is 0. The van der Waals surface area contributed by atoms with Crippen molar-refractivity contribution in [2.75, 3.05) is 0 Å². The minimum atomic E-state index is 0.674. The average Bonchev–Trinajstić information content (AvgIpc) is 4.01. The van der Waals surface area contributed by atoms with Crippen LogP contribution in [0.1, 0.15) is 0 Å². The predicted molar refractivity (Wildman–Crippen MR) is 304 cm³/mol. The van der Waals surface area contributed by atoms with Gasteiger partial charge in [0.25, 0.3) is 0 Å². The van der Waals surface area contributed by atoms with Gasteiger partial charge >= 0.3 is 0 Å². The number of hydrogen-bond acceptors (Lipinski definition) is 4. The molecule has 0 N–H and O–H groups in total. The van der Waals surface area contributed by atoms with Crippen LogP contribution in [0.4, 0.5) is 0 Å². The molecule has 74 heavy (non-hydrogen) atoms. The smallest absolute Gasteiger partial charge is 0.160 e. The SMILES string of the molecule is c1ccc(-c2cc(-c3ccccc3)nc(-c3cccc(-n4c5ccccc5c5ccc(-c6ccc7c8ccccc8n(-c8cccc(-c9nc(-c%10ccccc%10)cc(-c%10ccccc%10)n9)c8)c7c6)cc54)c3)n2)cc1. The van der Waals surface area contributed by atoms with Crippen LogP contribution in [0.15, 0.2) is 267 Å². The molecule has 0 aliphatic carbocycles. The highest BCUT2D eigenvalue weighted by Gasteiger charge is 2.19. The van der Waals surface area contributed by atoms with Crippen molar-refractivity contribution in [3.8, 4) is 90.3 Å². The van der Waals surface area contributed by atoms with E-state index < -0.39 is 0 Å². The summed E-state index contributed by atoms with van der Waals surface area (Å²) in [4.78, 5) is 20.8. The number of nitrogens with zero attached hydrogens (tertiary/aromatic N) is 6. The van der Waals surface area contributed by atoms with Gasteiger partial charge in [0.15, 0.2) is 11.6 Å². The third-order valence-corrected chi connectivity index (χ3v) is 14.1. The molecule has 0 amide bonds. The van der Waals surface area contributed by atoms with Crippen molar-refractivity contribution in [3.05, 3.63) is 267 Å². The molecule has 0 aliphatic rings. The minimum Gasteiger partial charge on any atom is -0.309 e. The zero-order chi connectivity index (χ0) is 49.0. The first-order valence-electron chi connectivity index (χ1n) is 25.0. The van der Waals surface area contributed by atoms with Crippen molar-refractivity contribution in [2.24, 2.45) is 0 Å². The van der Waals surface area contributed by atoms with Crippen molar-refractivity contribution in [1.82, 2.24) is 29.1 Å². The number of hydrogen-bond donors (Lipinski definition) is 0. The van der Waals surface area contributed by atoms with E-state index in [1.165, 1.54) is 21.5 Å². The quantitative estimate of drug-likeness (QED) is 0.145. The lowest BCUT2D eigenvalue weighted by atomic mass is 10.0. The third kappa shape index (κ3) is 7.61. The number of para-hydroxylation sites is 2. The van der Waals surface area contributed by atoms with Crippen LogP contribution < -0.4 is 0 Å². The summed E-state index contributed by atoms with van der Waals surface area (Å²) in [6.45, 7) is 0. The number of benzene rings is 10. The van der Waals surface area contributed by atoms with Crippen LogP contribution in [-0.2, 0) is 0 Å². The van der Waals surface area contributed by atoms with Gasteiger partial charge in [0, 0.05) is 66.3 Å². The average molecular weight is 945 g/mol. The predicted octanol–water partition coefficient (Wildman–Crippen LogP) is 17.1. The Morgan fingerprint density at radius 1 is 0.203 bits per heavy atom. The van der Waals surface area contributed by atoms with Crippen molar-refractivity contribution >= 4 is 43.6 Å². The summed E-state index contributed by atoms with van der Waals surface area (Å²) in [5.74, 6) is 1.35. The van der Waals surface area contributed by atoms with Gasteiger partial charge < -0.3 is 9.13 Å². The molecule has 14 aromatic rings. The molecule has 0 saturated carbocycles. The highest BCUT2D eigenvalue weighted by molar-refractivity contribution is 6.12. The van der Waals surface area contributed by atoms with Crippen molar-refractivity contribution < 1.29 is 0 Å². The largest absolute Gasteiger partial charge is 0.309 e. The minimum absolute atomic E-state index is 0.674. The van der Waals surface area contributed by atoms with Crippen LogP contribution in [0.5, 0.6) is 0 Å². The monoisotopic (exact) mass is 944 g/mol. The molecule has 14 rings (SSSR count). The summed E-state index contributed by atoms with van der Waals surface area (Å²) in [6.07, 6.45) is 0. The lowest BCUT2D eigenvalue weighted by molar-refractivity contribution is 1.16. The molecule has 6 heteroatoms. The van der Waals surface area contributed by atoms with Gasteiger partial charge in [0.2, 0.25) is 0 Å². The number of fused-ring (bicyclic) bond motifs is 6. The lowest BCUT2D eigenvalue weighted by Crippen LogP contribution is -1.98. The van der Waals surface area contributed by atoms with Crippen LogP contribution in [0, 0.1) is 0 Å². The van der Waals surface area contributed by atoms with E-state index >= 15 is 0 Å². The van der Waals surface area contributed by atoms with Crippen molar-refractivity contribution in [3.63, 3.8) is 0 Å². The van der Waals surface area contributed by atoms with Gasteiger partial charge in [-0.2, -0.15) is 0 Å². The van der Waals surface area contributed by atoms with E-state index in [1.807, 2.05) is 24.3 Å². The van der Waals surface area contributed by atoms with E-state index in [1.54, 1.807) is 0 Å². The second-order valence-corrected chi connectivity index (χ2v) is 18.7. The zero-order valence-corrected chi connectivity index (χ0v) is 40.1. The molecule has 0 radical (unpaired) electrons. The molecule has 0 bridgehead atoms. The molecular weight excluding hydrogens is 901 g/mol. The van der Waals surface area contributed by atoms with Gasteiger partial charge in [-0.1, -0.05) is 206 Å².